The van der Waals surface area contributed by atoms with Gasteiger partial charge in [0.05, 0.1) is 0 Å². The van der Waals surface area contributed by atoms with Crippen molar-refractivity contribution in [2.24, 2.45) is 0 Å². The van der Waals surface area contributed by atoms with Crippen LogP contribution in [0.25, 0.3) is 0 Å². The normalized spacial score (nSPS) is 21.3. The lowest BCUT2D eigenvalue weighted by atomic mass is 9.82. The molecule has 134 valence electrons. The molecule has 1 fully saturated rings. The molecule has 1 saturated heterocycles. The SMILES string of the molecule is CC1(C)CCCC(C)(C)N1O[C@@H](CCCc1ccccc1)C(=O)O. The Labute approximate surface area is 145 Å². The smallest absolute Gasteiger partial charge is 0.334 e. The van der Waals surface area contributed by atoms with Crippen molar-refractivity contribution < 1.29 is 14.7 Å². The quantitative estimate of drug-likeness (QED) is 0.801. The van der Waals surface area contributed by atoms with Crippen molar-refractivity contribution in [1.82, 2.24) is 5.06 Å². The number of carbonyl (C=O) groups is 1. The third-order valence-electron chi connectivity index (χ3n) is 4.96. The van der Waals surface area contributed by atoms with Crippen molar-refractivity contribution in [3.8, 4) is 0 Å². The first-order valence-electron chi connectivity index (χ1n) is 8.96. The minimum absolute atomic E-state index is 0.144. The minimum Gasteiger partial charge on any atom is -0.479 e. The maximum absolute atomic E-state index is 11.7. The van der Waals surface area contributed by atoms with Crippen molar-refractivity contribution in [3.05, 3.63) is 35.9 Å². The van der Waals surface area contributed by atoms with Crippen molar-refractivity contribution in [2.75, 3.05) is 0 Å². The van der Waals surface area contributed by atoms with Crippen LogP contribution < -0.4 is 0 Å². The van der Waals surface area contributed by atoms with Gasteiger partial charge >= 0.3 is 5.97 Å². The van der Waals surface area contributed by atoms with Crippen LogP contribution in [-0.2, 0) is 16.1 Å². The summed E-state index contributed by atoms with van der Waals surface area (Å²) in [6, 6.07) is 10.2. The predicted octanol–water partition coefficient (Wildman–Crippen LogP) is 4.44. The van der Waals surface area contributed by atoms with Gasteiger partial charge < -0.3 is 5.11 Å². The van der Waals surface area contributed by atoms with Crippen LogP contribution in [0.3, 0.4) is 0 Å². The zero-order valence-electron chi connectivity index (χ0n) is 15.4. The molecule has 1 aromatic carbocycles. The molecule has 2 rings (SSSR count). The number of hydrogen-bond acceptors (Lipinski definition) is 3. The van der Waals surface area contributed by atoms with Gasteiger partial charge in [-0.15, -0.1) is 0 Å². The summed E-state index contributed by atoms with van der Waals surface area (Å²) in [5.41, 5.74) is 0.948. The third-order valence-corrected chi connectivity index (χ3v) is 4.96. The van der Waals surface area contributed by atoms with Crippen molar-refractivity contribution in [2.45, 2.75) is 83.4 Å². The van der Waals surface area contributed by atoms with E-state index in [1.54, 1.807) is 0 Å². The van der Waals surface area contributed by atoms with E-state index in [9.17, 15) is 9.90 Å². The molecule has 1 atom stereocenters. The molecule has 1 N–H and O–H groups in total. The van der Waals surface area contributed by atoms with Crippen LogP contribution in [0.5, 0.6) is 0 Å². The minimum atomic E-state index is -0.875. The first-order valence-corrected chi connectivity index (χ1v) is 8.96. The number of aliphatic carboxylic acids is 1. The fraction of sp³-hybridized carbons (Fsp3) is 0.650. The maximum Gasteiger partial charge on any atom is 0.334 e. The van der Waals surface area contributed by atoms with Gasteiger partial charge in [-0.05, 0) is 71.8 Å². The Hall–Kier alpha value is -1.39. The van der Waals surface area contributed by atoms with Gasteiger partial charge in [0.1, 0.15) is 0 Å². The Morgan fingerprint density at radius 1 is 1.17 bits per heavy atom. The molecule has 0 radical (unpaired) electrons. The summed E-state index contributed by atoms with van der Waals surface area (Å²) in [7, 11) is 0. The van der Waals surface area contributed by atoms with E-state index in [1.807, 2.05) is 23.3 Å². The highest BCUT2D eigenvalue weighted by molar-refractivity contribution is 5.72. The van der Waals surface area contributed by atoms with Crippen LogP contribution in [0.2, 0.25) is 0 Å². The molecule has 1 heterocycles. The molecule has 24 heavy (non-hydrogen) atoms. The van der Waals surface area contributed by atoms with Gasteiger partial charge in [-0.3, -0.25) is 4.84 Å². The molecule has 0 aromatic heterocycles. The number of rotatable bonds is 7. The summed E-state index contributed by atoms with van der Waals surface area (Å²) in [6.45, 7) is 8.54. The Balaban J connectivity index is 1.98. The van der Waals surface area contributed by atoms with Crippen LogP contribution >= 0.6 is 0 Å². The van der Waals surface area contributed by atoms with Crippen LogP contribution in [0.15, 0.2) is 30.3 Å². The summed E-state index contributed by atoms with van der Waals surface area (Å²) in [6.07, 6.45) is 4.60. The van der Waals surface area contributed by atoms with E-state index in [-0.39, 0.29) is 11.1 Å². The molecule has 0 unspecified atom stereocenters. The number of hydroxylamine groups is 2. The van der Waals surface area contributed by atoms with Gasteiger partial charge in [0.25, 0.3) is 0 Å². The zero-order chi connectivity index (χ0) is 17.8. The molecular formula is C20H31NO3. The number of hydrogen-bond donors (Lipinski definition) is 1. The van der Waals surface area contributed by atoms with E-state index in [0.717, 1.165) is 32.1 Å². The van der Waals surface area contributed by atoms with E-state index >= 15 is 0 Å². The summed E-state index contributed by atoms with van der Waals surface area (Å²) in [5, 5.41) is 11.5. The van der Waals surface area contributed by atoms with Gasteiger partial charge in [-0.1, -0.05) is 30.3 Å². The lowest BCUT2D eigenvalue weighted by Gasteiger charge is -2.52. The molecule has 1 aliphatic rings. The van der Waals surface area contributed by atoms with Crippen molar-refractivity contribution in [1.29, 1.82) is 0 Å². The van der Waals surface area contributed by atoms with E-state index in [1.165, 1.54) is 5.56 Å². The van der Waals surface area contributed by atoms with E-state index in [0.29, 0.717) is 6.42 Å². The lowest BCUT2D eigenvalue weighted by molar-refractivity contribution is -0.302. The fourth-order valence-corrected chi connectivity index (χ4v) is 3.75. The summed E-state index contributed by atoms with van der Waals surface area (Å²) in [5.74, 6) is -0.875. The average molecular weight is 333 g/mol. The first-order chi connectivity index (χ1) is 11.2. The summed E-state index contributed by atoms with van der Waals surface area (Å²) in [4.78, 5) is 17.7. The van der Waals surface area contributed by atoms with Gasteiger partial charge in [-0.2, -0.15) is 5.06 Å². The molecule has 1 aliphatic heterocycles. The molecule has 1 aromatic rings. The standard InChI is InChI=1S/C20H31NO3/c1-19(2)14-9-15-20(3,4)21(19)24-17(18(22)23)13-8-12-16-10-6-5-7-11-16/h5-7,10-11,17H,8-9,12-15H2,1-4H3,(H,22,23)/t17-/m0/s1. The Kier molecular flexibility index (Phi) is 6.05. The van der Waals surface area contributed by atoms with E-state index in [2.05, 4.69) is 39.8 Å². The molecule has 0 amide bonds. The molecule has 4 heteroatoms. The molecule has 0 aliphatic carbocycles. The van der Waals surface area contributed by atoms with Gasteiger partial charge in [0.2, 0.25) is 0 Å². The van der Waals surface area contributed by atoms with Gasteiger partial charge in [0, 0.05) is 11.1 Å². The third kappa shape index (κ3) is 4.81. The topological polar surface area (TPSA) is 49.8 Å². The number of benzene rings is 1. The molecular weight excluding hydrogens is 302 g/mol. The second-order valence-corrected chi connectivity index (χ2v) is 8.08. The molecule has 0 bridgehead atoms. The van der Waals surface area contributed by atoms with Crippen LogP contribution in [0.1, 0.15) is 65.4 Å². The predicted molar refractivity (Wildman–Crippen MR) is 95.7 cm³/mol. The lowest BCUT2D eigenvalue weighted by Crippen LogP contribution is -2.59. The molecule has 0 spiro atoms. The maximum atomic E-state index is 11.7. The second kappa shape index (κ2) is 7.66. The second-order valence-electron chi connectivity index (χ2n) is 8.08. The Bertz CT molecular complexity index is 523. The summed E-state index contributed by atoms with van der Waals surface area (Å²) >= 11 is 0. The van der Waals surface area contributed by atoms with E-state index in [4.69, 9.17) is 4.84 Å². The monoisotopic (exact) mass is 333 g/mol. The number of nitrogens with zero attached hydrogens (tertiary/aromatic N) is 1. The van der Waals surface area contributed by atoms with Gasteiger partial charge in [-0.25, -0.2) is 4.79 Å². The Morgan fingerprint density at radius 2 is 1.75 bits per heavy atom. The summed E-state index contributed by atoms with van der Waals surface area (Å²) < 4.78 is 0. The number of piperidine rings is 1. The average Bonchev–Trinajstić information content (AvgIpc) is 2.49. The first kappa shape index (κ1) is 18.9. The highest BCUT2D eigenvalue weighted by Gasteiger charge is 2.44. The zero-order valence-corrected chi connectivity index (χ0v) is 15.4. The van der Waals surface area contributed by atoms with Crippen molar-refractivity contribution >= 4 is 5.97 Å². The molecule has 0 saturated carbocycles. The highest BCUT2D eigenvalue weighted by atomic mass is 16.7. The number of carboxylic acids is 1. The largest absolute Gasteiger partial charge is 0.479 e. The molecule has 4 nitrogen and oxygen atoms in total. The number of carboxylic acid groups (broad SMARTS) is 1. The van der Waals surface area contributed by atoms with Gasteiger partial charge in [0.15, 0.2) is 6.10 Å². The van der Waals surface area contributed by atoms with Crippen molar-refractivity contribution in [3.63, 3.8) is 0 Å². The Morgan fingerprint density at radius 3 is 2.29 bits per heavy atom. The highest BCUT2D eigenvalue weighted by Crippen LogP contribution is 2.39. The van der Waals surface area contributed by atoms with E-state index < -0.39 is 12.1 Å². The van der Waals surface area contributed by atoms with Crippen LogP contribution in [0.4, 0.5) is 0 Å². The van der Waals surface area contributed by atoms with Crippen LogP contribution in [0, 0.1) is 0 Å². The number of aryl methyl sites for hydroxylation is 1. The fourth-order valence-electron chi connectivity index (χ4n) is 3.75. The van der Waals surface area contributed by atoms with Crippen LogP contribution in [-0.4, -0.2) is 33.3 Å².